The van der Waals surface area contributed by atoms with Crippen LogP contribution >= 0.6 is 0 Å². The predicted octanol–water partition coefficient (Wildman–Crippen LogP) is 3.22. The van der Waals surface area contributed by atoms with Gasteiger partial charge in [-0.3, -0.25) is 4.90 Å². The van der Waals surface area contributed by atoms with Crippen LogP contribution < -0.4 is 10.6 Å². The highest BCUT2D eigenvalue weighted by Crippen LogP contribution is 2.17. The Balaban J connectivity index is 0.000000271. The summed E-state index contributed by atoms with van der Waals surface area (Å²) in [6, 6.07) is 1.36. The molecule has 0 saturated carbocycles. The lowest BCUT2D eigenvalue weighted by Crippen LogP contribution is -2.53. The lowest BCUT2D eigenvalue weighted by atomic mass is 10.0. The molecule has 4 nitrogen and oxygen atoms in total. The summed E-state index contributed by atoms with van der Waals surface area (Å²) in [4.78, 5) is 4.38. The van der Waals surface area contributed by atoms with Crippen LogP contribution in [0.5, 0.6) is 0 Å². The maximum atomic E-state index is 13.7. The van der Waals surface area contributed by atoms with Crippen LogP contribution in [0.4, 0.5) is 8.78 Å². The van der Waals surface area contributed by atoms with Gasteiger partial charge in [0.05, 0.1) is 0 Å². The molecule has 2 N–H and O–H groups in total. The third-order valence-corrected chi connectivity index (χ3v) is 5.47. The molecule has 2 heterocycles. The number of hydrogen-bond acceptors (Lipinski definition) is 4. The Bertz CT molecular complexity index is 392. The number of hydrogen-bond donors (Lipinski definition) is 2. The van der Waals surface area contributed by atoms with Crippen molar-refractivity contribution in [3.63, 3.8) is 0 Å². The minimum Gasteiger partial charge on any atom is -0.309 e. The quantitative estimate of drug-likeness (QED) is 0.729. The van der Waals surface area contributed by atoms with Gasteiger partial charge in [0.1, 0.15) is 12.3 Å². The Labute approximate surface area is 166 Å². The summed E-state index contributed by atoms with van der Waals surface area (Å²) < 4.78 is 27.3. The fourth-order valence-corrected chi connectivity index (χ4v) is 3.88. The monoisotopic (exact) mass is 390 g/mol. The van der Waals surface area contributed by atoms with Crippen LogP contribution in [0.25, 0.3) is 0 Å². The average Bonchev–Trinajstić information content (AvgIpc) is 2.58. The Morgan fingerprint density at radius 2 is 1.30 bits per heavy atom. The van der Waals surface area contributed by atoms with Crippen LogP contribution in [0.15, 0.2) is 0 Å². The Morgan fingerprint density at radius 1 is 0.815 bits per heavy atom. The van der Waals surface area contributed by atoms with E-state index < -0.39 is 12.3 Å². The van der Waals surface area contributed by atoms with E-state index in [1.165, 1.54) is 0 Å². The number of nitrogens with zero attached hydrogens (tertiary/aromatic N) is 2. The van der Waals surface area contributed by atoms with E-state index in [1.807, 2.05) is 0 Å². The zero-order chi connectivity index (χ0) is 20.6. The molecule has 0 aliphatic carbocycles. The normalized spacial score (nSPS) is 30.7. The maximum absolute atomic E-state index is 13.7. The number of halogens is 2. The van der Waals surface area contributed by atoms with Crippen molar-refractivity contribution in [2.45, 2.75) is 104 Å². The van der Waals surface area contributed by atoms with E-state index >= 15 is 0 Å². The van der Waals surface area contributed by atoms with Crippen molar-refractivity contribution in [2.75, 3.05) is 32.7 Å². The minimum absolute atomic E-state index is 0.0602. The summed E-state index contributed by atoms with van der Waals surface area (Å²) in [6.45, 7) is 18.8. The fraction of sp³-hybridized carbons (Fsp3) is 1.00. The molecule has 2 fully saturated rings. The van der Waals surface area contributed by atoms with E-state index in [4.69, 9.17) is 0 Å². The maximum Gasteiger partial charge on any atom is 0.128 e. The van der Waals surface area contributed by atoms with Crippen LogP contribution in [0, 0.1) is 0 Å². The van der Waals surface area contributed by atoms with Crippen molar-refractivity contribution in [2.24, 2.45) is 0 Å². The summed E-state index contributed by atoms with van der Waals surface area (Å²) in [5.74, 6) is 0. The van der Waals surface area contributed by atoms with E-state index in [9.17, 15) is 8.78 Å². The Hall–Kier alpha value is -0.300. The van der Waals surface area contributed by atoms with Crippen LogP contribution in [0.3, 0.4) is 0 Å². The molecule has 2 saturated heterocycles. The smallest absolute Gasteiger partial charge is 0.128 e. The van der Waals surface area contributed by atoms with Crippen LogP contribution in [-0.4, -0.2) is 85.1 Å². The first-order chi connectivity index (χ1) is 12.6. The third kappa shape index (κ3) is 9.16. The second-order valence-corrected chi connectivity index (χ2v) is 8.95. The SMILES string of the molecule is CC(C)NC1CCN(C(C)C)CC1F.CCN1CCC(NC(C)C)C(F)C1. The van der Waals surface area contributed by atoms with Gasteiger partial charge in [-0.25, -0.2) is 8.78 Å². The molecule has 4 atom stereocenters. The standard InChI is InChI=1S/C11H23FN2.C10H21FN2/c1-8(2)13-11-5-6-14(9(3)4)7-10(11)12;1-4-13-6-5-10(9(11)7-13)12-8(2)3/h8-11,13H,5-7H2,1-4H3;8-10,12H,4-7H2,1-3H3. The van der Waals surface area contributed by atoms with Gasteiger partial charge < -0.3 is 15.5 Å². The summed E-state index contributed by atoms with van der Waals surface area (Å²) in [5.41, 5.74) is 0. The predicted molar refractivity (Wildman–Crippen MR) is 112 cm³/mol. The molecule has 0 radical (unpaired) electrons. The van der Waals surface area contributed by atoms with Crippen LogP contribution in [0.1, 0.15) is 61.3 Å². The molecule has 6 heteroatoms. The summed E-state index contributed by atoms with van der Waals surface area (Å²) in [5, 5.41) is 6.56. The number of rotatable bonds is 6. The van der Waals surface area contributed by atoms with Crippen molar-refractivity contribution in [3.05, 3.63) is 0 Å². The Morgan fingerprint density at radius 3 is 1.67 bits per heavy atom. The molecule has 4 unspecified atom stereocenters. The molecule has 2 aliphatic heterocycles. The molecule has 0 amide bonds. The first kappa shape index (κ1) is 24.7. The lowest BCUT2D eigenvalue weighted by molar-refractivity contribution is 0.0795. The third-order valence-electron chi connectivity index (χ3n) is 5.47. The van der Waals surface area contributed by atoms with Gasteiger partial charge in [0, 0.05) is 49.8 Å². The van der Waals surface area contributed by atoms with E-state index in [0.29, 0.717) is 31.2 Å². The zero-order valence-corrected chi connectivity index (χ0v) is 18.6. The second-order valence-electron chi connectivity index (χ2n) is 8.95. The number of piperidine rings is 2. The van der Waals surface area contributed by atoms with Crippen molar-refractivity contribution in [1.82, 2.24) is 20.4 Å². The summed E-state index contributed by atoms with van der Waals surface area (Å²) in [6.07, 6.45) is 0.453. The molecule has 2 rings (SSSR count). The highest BCUT2D eigenvalue weighted by Gasteiger charge is 2.30. The largest absolute Gasteiger partial charge is 0.309 e. The highest BCUT2D eigenvalue weighted by molar-refractivity contribution is 4.87. The number of alkyl halides is 2. The van der Waals surface area contributed by atoms with Crippen LogP contribution in [-0.2, 0) is 0 Å². The molecule has 0 aromatic heterocycles. The highest BCUT2D eigenvalue weighted by atomic mass is 19.1. The summed E-state index contributed by atoms with van der Waals surface area (Å²) in [7, 11) is 0. The molecule has 0 aromatic rings. The molecule has 2 aliphatic rings. The zero-order valence-electron chi connectivity index (χ0n) is 18.6. The van der Waals surface area contributed by atoms with Crippen molar-refractivity contribution in [3.8, 4) is 0 Å². The molecule has 0 bridgehead atoms. The first-order valence-electron chi connectivity index (χ1n) is 10.9. The van der Waals surface area contributed by atoms with E-state index in [1.54, 1.807) is 0 Å². The molecule has 27 heavy (non-hydrogen) atoms. The van der Waals surface area contributed by atoms with Gasteiger partial charge in [-0.2, -0.15) is 0 Å². The van der Waals surface area contributed by atoms with E-state index in [0.717, 1.165) is 32.5 Å². The average molecular weight is 391 g/mol. The molecular formula is C21H44F2N4. The van der Waals surface area contributed by atoms with Gasteiger partial charge >= 0.3 is 0 Å². The fourth-order valence-electron chi connectivity index (χ4n) is 3.88. The van der Waals surface area contributed by atoms with Gasteiger partial charge in [0.25, 0.3) is 0 Å². The summed E-state index contributed by atoms with van der Waals surface area (Å²) >= 11 is 0. The number of nitrogens with one attached hydrogen (secondary N) is 2. The van der Waals surface area contributed by atoms with Crippen molar-refractivity contribution < 1.29 is 8.78 Å². The first-order valence-corrected chi connectivity index (χ1v) is 10.9. The van der Waals surface area contributed by atoms with Gasteiger partial charge in [-0.1, -0.05) is 34.6 Å². The van der Waals surface area contributed by atoms with Crippen molar-refractivity contribution >= 4 is 0 Å². The molecular weight excluding hydrogens is 346 g/mol. The van der Waals surface area contributed by atoms with Crippen LogP contribution in [0.2, 0.25) is 0 Å². The second kappa shape index (κ2) is 12.3. The topological polar surface area (TPSA) is 30.5 Å². The van der Waals surface area contributed by atoms with Gasteiger partial charge in [-0.05, 0) is 39.8 Å². The molecule has 0 aromatic carbocycles. The van der Waals surface area contributed by atoms with Gasteiger partial charge in [0.15, 0.2) is 0 Å². The number of likely N-dealkylation sites (tertiary alicyclic amines) is 2. The molecule has 0 spiro atoms. The molecule has 162 valence electrons. The Kier molecular flexibility index (Phi) is 11.3. The van der Waals surface area contributed by atoms with E-state index in [2.05, 4.69) is 68.9 Å². The van der Waals surface area contributed by atoms with Crippen molar-refractivity contribution in [1.29, 1.82) is 0 Å². The van der Waals surface area contributed by atoms with Gasteiger partial charge in [0.2, 0.25) is 0 Å². The van der Waals surface area contributed by atoms with E-state index in [-0.39, 0.29) is 12.1 Å². The lowest BCUT2D eigenvalue weighted by Gasteiger charge is -2.38. The minimum atomic E-state index is -0.714. The van der Waals surface area contributed by atoms with Gasteiger partial charge in [-0.15, -0.1) is 0 Å².